The highest BCUT2D eigenvalue weighted by atomic mass is 16.2. The summed E-state index contributed by atoms with van der Waals surface area (Å²) < 4.78 is 0. The molecule has 0 aromatic carbocycles. The van der Waals surface area contributed by atoms with Crippen LogP contribution in [-0.4, -0.2) is 35.3 Å². The van der Waals surface area contributed by atoms with Gasteiger partial charge in [0.1, 0.15) is 5.82 Å². The largest absolute Gasteiger partial charge is 0.396 e. The van der Waals surface area contributed by atoms with Gasteiger partial charge in [-0.3, -0.25) is 4.98 Å². The molecule has 0 fully saturated rings. The predicted octanol–water partition coefficient (Wildman–Crippen LogP) is 1.08. The third kappa shape index (κ3) is 3.70. The van der Waals surface area contributed by atoms with Crippen LogP contribution in [0.2, 0.25) is 0 Å². The fourth-order valence-electron chi connectivity index (χ4n) is 1.24. The smallest absolute Gasteiger partial charge is 0.146 e. The third-order valence-electron chi connectivity index (χ3n) is 2.09. The first-order valence-corrected chi connectivity index (χ1v) is 4.92. The number of aromatic nitrogens is 2. The van der Waals surface area contributed by atoms with E-state index >= 15 is 0 Å². The van der Waals surface area contributed by atoms with Crippen LogP contribution in [0.25, 0.3) is 0 Å². The van der Waals surface area contributed by atoms with Crippen molar-refractivity contribution in [2.75, 3.05) is 25.1 Å². The highest BCUT2D eigenvalue weighted by molar-refractivity contribution is 5.33. The number of aliphatic hydroxyl groups is 1. The summed E-state index contributed by atoms with van der Waals surface area (Å²) in [5, 5.41) is 8.61. The van der Waals surface area contributed by atoms with Crippen molar-refractivity contribution < 1.29 is 5.11 Å². The maximum Gasteiger partial charge on any atom is 0.146 e. The first-order valence-electron chi connectivity index (χ1n) is 4.92. The minimum Gasteiger partial charge on any atom is -0.396 e. The molecule has 0 aliphatic rings. The average molecular weight is 195 g/mol. The maximum absolute atomic E-state index is 8.61. The van der Waals surface area contributed by atoms with Crippen molar-refractivity contribution in [2.24, 2.45) is 0 Å². The van der Waals surface area contributed by atoms with E-state index in [0.717, 1.165) is 31.6 Å². The molecule has 0 bridgehead atoms. The SMILES string of the molecule is CN(CCCCCO)c1cnccn1. The van der Waals surface area contributed by atoms with E-state index in [0.29, 0.717) is 0 Å². The molecule has 0 unspecified atom stereocenters. The van der Waals surface area contributed by atoms with E-state index in [1.165, 1.54) is 0 Å². The summed E-state index contributed by atoms with van der Waals surface area (Å²) in [4.78, 5) is 10.3. The second-order valence-electron chi connectivity index (χ2n) is 3.27. The molecule has 1 aromatic heterocycles. The lowest BCUT2D eigenvalue weighted by atomic mass is 10.2. The number of anilines is 1. The minimum absolute atomic E-state index is 0.287. The van der Waals surface area contributed by atoms with Crippen LogP contribution >= 0.6 is 0 Å². The Labute approximate surface area is 84.6 Å². The monoisotopic (exact) mass is 195 g/mol. The van der Waals surface area contributed by atoms with Crippen LogP contribution in [0.5, 0.6) is 0 Å². The Morgan fingerprint density at radius 1 is 1.29 bits per heavy atom. The quantitative estimate of drug-likeness (QED) is 0.690. The Hall–Kier alpha value is -1.16. The van der Waals surface area contributed by atoms with Gasteiger partial charge >= 0.3 is 0 Å². The van der Waals surface area contributed by atoms with Crippen molar-refractivity contribution in [1.82, 2.24) is 9.97 Å². The number of hydrogen-bond acceptors (Lipinski definition) is 4. The third-order valence-corrected chi connectivity index (χ3v) is 2.09. The zero-order chi connectivity index (χ0) is 10.2. The van der Waals surface area contributed by atoms with Gasteiger partial charge in [0, 0.05) is 32.6 Å². The lowest BCUT2D eigenvalue weighted by Gasteiger charge is -2.16. The first kappa shape index (κ1) is 10.9. The number of nitrogens with zero attached hydrogens (tertiary/aromatic N) is 3. The molecular weight excluding hydrogens is 178 g/mol. The molecule has 0 atom stereocenters. The summed E-state index contributed by atoms with van der Waals surface area (Å²) in [5.74, 6) is 0.900. The zero-order valence-corrected chi connectivity index (χ0v) is 8.56. The molecule has 0 amide bonds. The molecule has 0 radical (unpaired) electrons. The first-order chi connectivity index (χ1) is 6.84. The topological polar surface area (TPSA) is 49.2 Å². The van der Waals surface area contributed by atoms with Crippen molar-refractivity contribution in [3.63, 3.8) is 0 Å². The van der Waals surface area contributed by atoms with Gasteiger partial charge in [-0.25, -0.2) is 4.98 Å². The highest BCUT2D eigenvalue weighted by Gasteiger charge is 2.00. The second kappa shape index (κ2) is 6.32. The lowest BCUT2D eigenvalue weighted by Crippen LogP contribution is -2.19. The molecule has 0 aliphatic carbocycles. The maximum atomic E-state index is 8.61. The molecule has 4 heteroatoms. The van der Waals surface area contributed by atoms with Crippen LogP contribution in [-0.2, 0) is 0 Å². The van der Waals surface area contributed by atoms with Gasteiger partial charge in [-0.2, -0.15) is 0 Å². The highest BCUT2D eigenvalue weighted by Crippen LogP contribution is 2.06. The molecule has 0 saturated heterocycles. The molecule has 0 saturated carbocycles. The van der Waals surface area contributed by atoms with E-state index in [2.05, 4.69) is 14.9 Å². The summed E-state index contributed by atoms with van der Waals surface area (Å²) in [7, 11) is 2.00. The van der Waals surface area contributed by atoms with Gasteiger partial charge in [-0.05, 0) is 19.3 Å². The van der Waals surface area contributed by atoms with Crippen molar-refractivity contribution in [1.29, 1.82) is 0 Å². The number of hydrogen-bond donors (Lipinski definition) is 1. The molecular formula is C10H17N3O. The van der Waals surface area contributed by atoms with E-state index in [9.17, 15) is 0 Å². The predicted molar refractivity (Wildman–Crippen MR) is 56.2 cm³/mol. The van der Waals surface area contributed by atoms with Crippen LogP contribution in [0.15, 0.2) is 18.6 Å². The fraction of sp³-hybridized carbons (Fsp3) is 0.600. The Morgan fingerprint density at radius 3 is 2.79 bits per heavy atom. The van der Waals surface area contributed by atoms with Crippen molar-refractivity contribution in [2.45, 2.75) is 19.3 Å². The van der Waals surface area contributed by atoms with Crippen LogP contribution < -0.4 is 4.90 Å². The van der Waals surface area contributed by atoms with Gasteiger partial charge in [-0.1, -0.05) is 0 Å². The summed E-state index contributed by atoms with van der Waals surface area (Å²) in [6.45, 7) is 1.24. The molecule has 1 rings (SSSR count). The average Bonchev–Trinajstić information content (AvgIpc) is 2.25. The van der Waals surface area contributed by atoms with Gasteiger partial charge in [-0.15, -0.1) is 0 Å². The van der Waals surface area contributed by atoms with Crippen molar-refractivity contribution in [3.05, 3.63) is 18.6 Å². The fourth-order valence-corrected chi connectivity index (χ4v) is 1.24. The molecule has 1 N–H and O–H groups in total. The summed E-state index contributed by atoms with van der Waals surface area (Å²) in [5.41, 5.74) is 0. The van der Waals surface area contributed by atoms with Gasteiger partial charge < -0.3 is 10.0 Å². The summed E-state index contributed by atoms with van der Waals surface area (Å²) in [6, 6.07) is 0. The Balaban J connectivity index is 2.25. The molecule has 1 aromatic rings. The minimum atomic E-state index is 0.287. The number of aliphatic hydroxyl groups excluding tert-OH is 1. The van der Waals surface area contributed by atoms with E-state index in [4.69, 9.17) is 5.11 Å². The second-order valence-corrected chi connectivity index (χ2v) is 3.27. The van der Waals surface area contributed by atoms with E-state index < -0.39 is 0 Å². The van der Waals surface area contributed by atoms with Gasteiger partial charge in [0.25, 0.3) is 0 Å². The van der Waals surface area contributed by atoms with Crippen LogP contribution in [0.1, 0.15) is 19.3 Å². The van der Waals surface area contributed by atoms with Crippen LogP contribution in [0.4, 0.5) is 5.82 Å². The molecule has 78 valence electrons. The Morgan fingerprint density at radius 2 is 2.14 bits per heavy atom. The molecule has 14 heavy (non-hydrogen) atoms. The number of rotatable bonds is 6. The van der Waals surface area contributed by atoms with Crippen LogP contribution in [0, 0.1) is 0 Å². The molecule has 4 nitrogen and oxygen atoms in total. The standard InChI is InChI=1S/C10H17N3O/c1-13(7-3-2-4-8-14)10-9-11-5-6-12-10/h5-6,9,14H,2-4,7-8H2,1H3. The van der Waals surface area contributed by atoms with Crippen molar-refractivity contribution >= 4 is 5.82 Å². The van der Waals surface area contributed by atoms with Gasteiger partial charge in [0.05, 0.1) is 6.20 Å². The summed E-state index contributed by atoms with van der Waals surface area (Å²) in [6.07, 6.45) is 8.14. The Kier molecular flexibility index (Phi) is 4.93. The van der Waals surface area contributed by atoms with E-state index in [1.807, 2.05) is 7.05 Å². The van der Waals surface area contributed by atoms with E-state index in [1.54, 1.807) is 18.6 Å². The lowest BCUT2D eigenvalue weighted by molar-refractivity contribution is 0.283. The van der Waals surface area contributed by atoms with E-state index in [-0.39, 0.29) is 6.61 Å². The number of unbranched alkanes of at least 4 members (excludes halogenated alkanes) is 2. The van der Waals surface area contributed by atoms with Crippen LogP contribution in [0.3, 0.4) is 0 Å². The zero-order valence-electron chi connectivity index (χ0n) is 8.56. The van der Waals surface area contributed by atoms with Crippen molar-refractivity contribution in [3.8, 4) is 0 Å². The normalized spacial score (nSPS) is 10.1. The molecule has 0 aliphatic heterocycles. The van der Waals surface area contributed by atoms with Gasteiger partial charge in [0.15, 0.2) is 0 Å². The Bertz CT molecular complexity index is 240. The van der Waals surface area contributed by atoms with Gasteiger partial charge in [0.2, 0.25) is 0 Å². The molecule has 1 heterocycles. The summed E-state index contributed by atoms with van der Waals surface area (Å²) >= 11 is 0. The molecule has 0 spiro atoms.